The van der Waals surface area contributed by atoms with Gasteiger partial charge >= 0.3 is 0 Å². The van der Waals surface area contributed by atoms with E-state index in [1.54, 1.807) is 12.1 Å². The normalized spacial score (nSPS) is 9.00. The second kappa shape index (κ2) is 3.63. The van der Waals surface area contributed by atoms with E-state index >= 15 is 0 Å². The smallest absolute Gasteiger partial charge is 0.127 e. The van der Waals surface area contributed by atoms with Crippen LogP contribution < -0.4 is 11.1 Å². The van der Waals surface area contributed by atoms with Crippen LogP contribution in [0.3, 0.4) is 0 Å². The zero-order valence-corrected chi connectivity index (χ0v) is 6.96. The molecule has 0 saturated heterocycles. The number of nitrogens with zero attached hydrogens (tertiary/aromatic N) is 1. The van der Waals surface area contributed by atoms with Crippen molar-refractivity contribution in [1.82, 2.24) is 4.98 Å². The number of nitrogens with one attached hydrogen (secondary N) is 1. The Hall–Kier alpha value is -1.69. The largest absolute Gasteiger partial charge is 0.397 e. The first-order chi connectivity index (χ1) is 5.74. The molecule has 0 unspecified atom stereocenters. The first-order valence-electron chi connectivity index (χ1n) is 3.64. The summed E-state index contributed by atoms with van der Waals surface area (Å²) in [7, 11) is 0. The summed E-state index contributed by atoms with van der Waals surface area (Å²) in [5.41, 5.74) is 7.10. The molecular weight excluding hydrogens is 150 g/mol. The molecule has 0 fully saturated rings. The number of nitrogen functional groups attached to an aromatic ring is 1. The van der Waals surface area contributed by atoms with Crippen LogP contribution in [0.1, 0.15) is 5.69 Å². The fourth-order valence-electron chi connectivity index (χ4n) is 0.812. The summed E-state index contributed by atoms with van der Waals surface area (Å²) < 4.78 is 0. The van der Waals surface area contributed by atoms with Crippen molar-refractivity contribution in [2.24, 2.45) is 0 Å². The number of rotatable bonds is 2. The van der Waals surface area contributed by atoms with Crippen molar-refractivity contribution < 1.29 is 0 Å². The van der Waals surface area contributed by atoms with E-state index < -0.39 is 0 Å². The molecular formula is C9H11N3. The molecule has 0 radical (unpaired) electrons. The van der Waals surface area contributed by atoms with Gasteiger partial charge in [-0.25, -0.2) is 4.98 Å². The van der Waals surface area contributed by atoms with Gasteiger partial charge in [0.25, 0.3) is 0 Å². The number of terminal acetylenes is 1. The van der Waals surface area contributed by atoms with Gasteiger partial charge in [0.05, 0.1) is 17.9 Å². The molecule has 1 rings (SSSR count). The minimum absolute atomic E-state index is 0.482. The number of aryl methyl sites for hydroxylation is 1. The second-order valence-corrected chi connectivity index (χ2v) is 2.43. The summed E-state index contributed by atoms with van der Waals surface area (Å²) in [5.74, 6) is 3.23. The molecule has 0 aliphatic rings. The average molecular weight is 161 g/mol. The quantitative estimate of drug-likeness (QED) is 0.637. The second-order valence-electron chi connectivity index (χ2n) is 2.43. The van der Waals surface area contributed by atoms with Gasteiger partial charge in [-0.1, -0.05) is 5.92 Å². The van der Waals surface area contributed by atoms with Crippen LogP contribution >= 0.6 is 0 Å². The van der Waals surface area contributed by atoms with Crippen molar-refractivity contribution in [3.05, 3.63) is 17.8 Å². The van der Waals surface area contributed by atoms with Crippen molar-refractivity contribution in [3.63, 3.8) is 0 Å². The summed E-state index contributed by atoms with van der Waals surface area (Å²) in [6.45, 7) is 2.34. The Morgan fingerprint density at radius 1 is 1.67 bits per heavy atom. The summed E-state index contributed by atoms with van der Waals surface area (Å²) in [6, 6.07) is 3.61. The van der Waals surface area contributed by atoms with E-state index in [2.05, 4.69) is 16.2 Å². The van der Waals surface area contributed by atoms with Crippen molar-refractivity contribution in [2.75, 3.05) is 17.6 Å². The summed E-state index contributed by atoms with van der Waals surface area (Å²) in [5, 5.41) is 2.96. The highest BCUT2D eigenvalue weighted by molar-refractivity contribution is 5.49. The lowest BCUT2D eigenvalue weighted by Gasteiger charge is -2.03. The predicted octanol–water partition coefficient (Wildman–Crippen LogP) is 1.02. The number of pyridine rings is 1. The van der Waals surface area contributed by atoms with Gasteiger partial charge in [0.15, 0.2) is 0 Å². The number of anilines is 2. The zero-order valence-electron chi connectivity index (χ0n) is 6.96. The summed E-state index contributed by atoms with van der Waals surface area (Å²) >= 11 is 0. The Balaban J connectivity index is 2.77. The Kier molecular flexibility index (Phi) is 2.54. The van der Waals surface area contributed by atoms with Gasteiger partial charge in [0.1, 0.15) is 5.82 Å². The minimum Gasteiger partial charge on any atom is -0.397 e. The van der Waals surface area contributed by atoms with Crippen LogP contribution in [-0.4, -0.2) is 11.5 Å². The van der Waals surface area contributed by atoms with Gasteiger partial charge in [0.2, 0.25) is 0 Å². The van der Waals surface area contributed by atoms with E-state index in [-0.39, 0.29) is 0 Å². The number of nitrogens with two attached hydrogens (primary N) is 1. The molecule has 0 aliphatic heterocycles. The van der Waals surface area contributed by atoms with Gasteiger partial charge in [-0.15, -0.1) is 6.42 Å². The van der Waals surface area contributed by atoms with E-state index in [0.29, 0.717) is 12.2 Å². The van der Waals surface area contributed by atoms with Crippen LogP contribution in [0, 0.1) is 19.3 Å². The number of hydrogen-bond donors (Lipinski definition) is 2. The Morgan fingerprint density at radius 3 is 3.00 bits per heavy atom. The van der Waals surface area contributed by atoms with E-state index in [4.69, 9.17) is 12.2 Å². The average Bonchev–Trinajstić information content (AvgIpc) is 2.07. The number of hydrogen-bond acceptors (Lipinski definition) is 3. The maximum atomic E-state index is 5.59. The van der Waals surface area contributed by atoms with Crippen LogP contribution in [0.15, 0.2) is 12.1 Å². The topological polar surface area (TPSA) is 50.9 Å². The molecule has 1 aromatic rings. The predicted molar refractivity (Wildman–Crippen MR) is 50.7 cm³/mol. The van der Waals surface area contributed by atoms with E-state index in [0.717, 1.165) is 11.5 Å². The molecule has 3 N–H and O–H groups in total. The monoisotopic (exact) mass is 161 g/mol. The maximum absolute atomic E-state index is 5.59. The van der Waals surface area contributed by atoms with Crippen LogP contribution in [0.4, 0.5) is 11.5 Å². The van der Waals surface area contributed by atoms with Crippen LogP contribution in [-0.2, 0) is 0 Å². The first kappa shape index (κ1) is 8.41. The third-order valence-electron chi connectivity index (χ3n) is 1.50. The Morgan fingerprint density at radius 2 is 2.42 bits per heavy atom. The molecule has 62 valence electrons. The molecule has 1 heterocycles. The molecule has 12 heavy (non-hydrogen) atoms. The summed E-state index contributed by atoms with van der Waals surface area (Å²) in [4.78, 5) is 4.18. The lowest BCUT2D eigenvalue weighted by atomic mass is 10.3. The molecule has 0 spiro atoms. The van der Waals surface area contributed by atoms with E-state index in [1.165, 1.54) is 0 Å². The minimum atomic E-state index is 0.482. The fraction of sp³-hybridized carbons (Fsp3) is 0.222. The van der Waals surface area contributed by atoms with Crippen molar-refractivity contribution in [3.8, 4) is 12.3 Å². The molecule has 0 atom stereocenters. The van der Waals surface area contributed by atoms with Gasteiger partial charge in [0, 0.05) is 0 Å². The summed E-state index contributed by atoms with van der Waals surface area (Å²) in [6.07, 6.45) is 5.08. The van der Waals surface area contributed by atoms with Gasteiger partial charge in [-0.05, 0) is 19.1 Å². The lowest BCUT2D eigenvalue weighted by Crippen LogP contribution is -2.02. The Labute approximate surface area is 72.0 Å². The van der Waals surface area contributed by atoms with Gasteiger partial charge in [-0.3, -0.25) is 0 Å². The fourth-order valence-corrected chi connectivity index (χ4v) is 0.812. The molecule has 1 aromatic heterocycles. The SMILES string of the molecule is C#CCNc1ccc(N)c(C)n1. The maximum Gasteiger partial charge on any atom is 0.127 e. The highest BCUT2D eigenvalue weighted by atomic mass is 15.0. The Bertz CT molecular complexity index is 312. The van der Waals surface area contributed by atoms with E-state index in [1.807, 2.05) is 6.92 Å². The van der Waals surface area contributed by atoms with Crippen LogP contribution in [0.2, 0.25) is 0 Å². The van der Waals surface area contributed by atoms with Crippen molar-refractivity contribution in [1.29, 1.82) is 0 Å². The van der Waals surface area contributed by atoms with Gasteiger partial charge in [-0.2, -0.15) is 0 Å². The number of aromatic nitrogens is 1. The molecule has 3 nitrogen and oxygen atoms in total. The highest BCUT2D eigenvalue weighted by Gasteiger charge is 1.95. The molecule has 0 saturated carbocycles. The zero-order chi connectivity index (χ0) is 8.97. The molecule has 0 amide bonds. The molecule has 3 heteroatoms. The van der Waals surface area contributed by atoms with Crippen molar-refractivity contribution >= 4 is 11.5 Å². The van der Waals surface area contributed by atoms with Crippen molar-refractivity contribution in [2.45, 2.75) is 6.92 Å². The van der Waals surface area contributed by atoms with Gasteiger partial charge < -0.3 is 11.1 Å². The van der Waals surface area contributed by atoms with Crippen LogP contribution in [0.5, 0.6) is 0 Å². The van der Waals surface area contributed by atoms with Crippen LogP contribution in [0.25, 0.3) is 0 Å². The highest BCUT2D eigenvalue weighted by Crippen LogP contribution is 2.10. The lowest BCUT2D eigenvalue weighted by molar-refractivity contribution is 1.17. The third kappa shape index (κ3) is 1.89. The van der Waals surface area contributed by atoms with E-state index in [9.17, 15) is 0 Å². The molecule has 0 aliphatic carbocycles. The third-order valence-corrected chi connectivity index (χ3v) is 1.50. The first-order valence-corrected chi connectivity index (χ1v) is 3.64. The molecule has 0 bridgehead atoms. The molecule has 0 aromatic carbocycles. The standard InChI is InChI=1S/C9H11N3/c1-3-6-11-9-5-4-8(10)7(2)12-9/h1,4-5H,6,10H2,2H3,(H,11,12).